The van der Waals surface area contributed by atoms with E-state index < -0.39 is 0 Å². The molecule has 0 radical (unpaired) electrons. The lowest BCUT2D eigenvalue weighted by molar-refractivity contribution is 0.472. The van der Waals surface area contributed by atoms with Gasteiger partial charge < -0.3 is 0 Å². The van der Waals surface area contributed by atoms with Crippen LogP contribution in [0.1, 0.15) is 150 Å². The second-order valence-corrected chi connectivity index (χ2v) is 7.90. The Kier molecular flexibility index (Phi) is 27.6. The number of hydrogen-bond donors (Lipinski definition) is 0. The average molecular weight is 341 g/mol. The molecule has 0 saturated carbocycles. The van der Waals surface area contributed by atoms with Crippen LogP contribution in [0.5, 0.6) is 0 Å². The van der Waals surface area contributed by atoms with E-state index in [0.29, 0.717) is 0 Å². The zero-order valence-electron chi connectivity index (χ0n) is 18.3. The molecule has 0 aliphatic carbocycles. The quantitative estimate of drug-likeness (QED) is 0.231. The summed E-state index contributed by atoms with van der Waals surface area (Å²) in [4.78, 5) is 0. The van der Waals surface area contributed by atoms with Gasteiger partial charge in [-0.1, -0.05) is 150 Å². The zero-order chi connectivity index (χ0) is 18.3. The molecule has 0 amide bonds. The molecule has 1 atom stereocenters. The lowest BCUT2D eigenvalue weighted by atomic mass is 10.00. The Morgan fingerprint density at radius 1 is 0.417 bits per heavy atom. The van der Waals surface area contributed by atoms with E-state index in [2.05, 4.69) is 34.6 Å². The van der Waals surface area contributed by atoms with E-state index in [1.807, 2.05) is 0 Å². The van der Waals surface area contributed by atoms with Crippen molar-refractivity contribution >= 4 is 0 Å². The van der Waals surface area contributed by atoms with Gasteiger partial charge in [-0.2, -0.15) is 0 Å². The van der Waals surface area contributed by atoms with Crippen molar-refractivity contribution in [3.63, 3.8) is 0 Å². The van der Waals surface area contributed by atoms with Crippen molar-refractivity contribution in [3.8, 4) is 0 Å². The van der Waals surface area contributed by atoms with E-state index in [0.717, 1.165) is 5.92 Å². The SMILES string of the molecule is CCCCCCCCC(C)CC.CCCCCCCCCCCC. The van der Waals surface area contributed by atoms with Crippen molar-refractivity contribution in [2.45, 2.75) is 150 Å². The molecule has 0 spiro atoms. The predicted molar refractivity (Wildman–Crippen MR) is 115 cm³/mol. The van der Waals surface area contributed by atoms with E-state index in [4.69, 9.17) is 0 Å². The molecule has 0 bridgehead atoms. The number of unbranched alkanes of at least 4 members (excludes halogenated alkanes) is 14. The molecular formula is C24H52. The smallest absolute Gasteiger partial charge is 0.0445 e. The van der Waals surface area contributed by atoms with E-state index >= 15 is 0 Å². The molecular weight excluding hydrogens is 288 g/mol. The molecule has 0 heterocycles. The zero-order valence-corrected chi connectivity index (χ0v) is 18.3. The molecule has 0 nitrogen and oxygen atoms in total. The third-order valence-electron chi connectivity index (χ3n) is 5.20. The van der Waals surface area contributed by atoms with Gasteiger partial charge in [0.2, 0.25) is 0 Å². The first-order valence-electron chi connectivity index (χ1n) is 11.7. The maximum atomic E-state index is 2.37. The van der Waals surface area contributed by atoms with Crippen molar-refractivity contribution in [2.24, 2.45) is 5.92 Å². The summed E-state index contributed by atoms with van der Waals surface area (Å²) < 4.78 is 0. The van der Waals surface area contributed by atoms with Gasteiger partial charge >= 0.3 is 0 Å². The molecule has 0 saturated heterocycles. The van der Waals surface area contributed by atoms with Gasteiger partial charge in [0.05, 0.1) is 0 Å². The predicted octanol–water partition coefficient (Wildman–Crippen LogP) is 9.71. The van der Waals surface area contributed by atoms with Crippen LogP contribution in [0.4, 0.5) is 0 Å². The summed E-state index contributed by atoms with van der Waals surface area (Å²) in [7, 11) is 0. The van der Waals surface area contributed by atoms with E-state index in [-0.39, 0.29) is 0 Å². The Morgan fingerprint density at radius 2 is 0.708 bits per heavy atom. The number of hydrogen-bond acceptors (Lipinski definition) is 0. The van der Waals surface area contributed by atoms with Crippen LogP contribution in [-0.4, -0.2) is 0 Å². The van der Waals surface area contributed by atoms with E-state index in [1.54, 1.807) is 0 Å². The van der Waals surface area contributed by atoms with Gasteiger partial charge in [0.1, 0.15) is 0 Å². The van der Waals surface area contributed by atoms with Gasteiger partial charge in [-0.3, -0.25) is 0 Å². The Balaban J connectivity index is 0. The van der Waals surface area contributed by atoms with Crippen LogP contribution >= 0.6 is 0 Å². The summed E-state index contributed by atoms with van der Waals surface area (Å²) in [6.07, 6.45) is 25.9. The van der Waals surface area contributed by atoms with Crippen LogP contribution in [0.2, 0.25) is 0 Å². The number of rotatable bonds is 17. The van der Waals surface area contributed by atoms with Crippen LogP contribution < -0.4 is 0 Å². The van der Waals surface area contributed by atoms with Crippen molar-refractivity contribution in [1.82, 2.24) is 0 Å². The maximum absolute atomic E-state index is 2.37. The molecule has 0 fully saturated rings. The summed E-state index contributed by atoms with van der Waals surface area (Å²) in [5, 5.41) is 0. The largest absolute Gasteiger partial charge is 0.0654 e. The minimum absolute atomic E-state index is 0.955. The summed E-state index contributed by atoms with van der Waals surface area (Å²) in [6, 6.07) is 0. The highest BCUT2D eigenvalue weighted by Crippen LogP contribution is 2.13. The van der Waals surface area contributed by atoms with Crippen LogP contribution in [0.25, 0.3) is 0 Å². The molecule has 0 aliphatic heterocycles. The Bertz CT molecular complexity index is 174. The fourth-order valence-electron chi connectivity index (χ4n) is 3.04. The van der Waals surface area contributed by atoms with Gasteiger partial charge in [0.15, 0.2) is 0 Å². The van der Waals surface area contributed by atoms with Gasteiger partial charge in [-0.15, -0.1) is 0 Å². The van der Waals surface area contributed by atoms with Gasteiger partial charge in [0, 0.05) is 0 Å². The molecule has 148 valence electrons. The molecule has 0 heteroatoms. The van der Waals surface area contributed by atoms with Gasteiger partial charge in [-0.25, -0.2) is 0 Å². The first-order chi connectivity index (χ1) is 11.7. The van der Waals surface area contributed by atoms with Crippen LogP contribution in [0.3, 0.4) is 0 Å². The molecule has 0 N–H and O–H groups in total. The van der Waals surface area contributed by atoms with Crippen LogP contribution in [-0.2, 0) is 0 Å². The monoisotopic (exact) mass is 340 g/mol. The minimum Gasteiger partial charge on any atom is -0.0654 e. The van der Waals surface area contributed by atoms with Crippen molar-refractivity contribution in [1.29, 1.82) is 0 Å². The molecule has 0 aromatic carbocycles. The fraction of sp³-hybridized carbons (Fsp3) is 1.00. The summed E-state index contributed by atoms with van der Waals surface area (Å²) in [6.45, 7) is 11.5. The second-order valence-electron chi connectivity index (χ2n) is 7.90. The Morgan fingerprint density at radius 3 is 1.00 bits per heavy atom. The maximum Gasteiger partial charge on any atom is -0.0445 e. The minimum atomic E-state index is 0.955. The van der Waals surface area contributed by atoms with Crippen LogP contribution in [0, 0.1) is 5.92 Å². The second kappa shape index (κ2) is 25.2. The van der Waals surface area contributed by atoms with Crippen molar-refractivity contribution in [2.75, 3.05) is 0 Å². The van der Waals surface area contributed by atoms with Crippen molar-refractivity contribution in [3.05, 3.63) is 0 Å². The Hall–Kier alpha value is 0. The highest BCUT2D eigenvalue weighted by molar-refractivity contribution is 4.51. The fourth-order valence-corrected chi connectivity index (χ4v) is 3.04. The highest BCUT2D eigenvalue weighted by Gasteiger charge is 1.97. The molecule has 24 heavy (non-hydrogen) atoms. The van der Waals surface area contributed by atoms with Gasteiger partial charge in [-0.05, 0) is 5.92 Å². The third-order valence-corrected chi connectivity index (χ3v) is 5.20. The molecule has 0 aromatic rings. The lowest BCUT2D eigenvalue weighted by Crippen LogP contribution is -1.91. The summed E-state index contributed by atoms with van der Waals surface area (Å²) in [5.74, 6) is 0.955. The topological polar surface area (TPSA) is 0 Å². The normalized spacial score (nSPS) is 11.9. The average Bonchev–Trinajstić information content (AvgIpc) is 2.60. The standard InChI is InChI=1S/2C12H26/c1-4-6-7-8-9-10-11-12(3)5-2;1-3-5-7-9-11-12-10-8-6-4-2/h12H,4-11H2,1-3H3;3-12H2,1-2H3. The molecule has 0 aromatic heterocycles. The Labute approximate surface area is 156 Å². The van der Waals surface area contributed by atoms with Gasteiger partial charge in [0.25, 0.3) is 0 Å². The summed E-state index contributed by atoms with van der Waals surface area (Å²) >= 11 is 0. The van der Waals surface area contributed by atoms with Crippen molar-refractivity contribution < 1.29 is 0 Å². The summed E-state index contributed by atoms with van der Waals surface area (Å²) in [5.41, 5.74) is 0. The van der Waals surface area contributed by atoms with E-state index in [9.17, 15) is 0 Å². The molecule has 0 rings (SSSR count). The van der Waals surface area contributed by atoms with E-state index in [1.165, 1.54) is 116 Å². The highest BCUT2D eigenvalue weighted by atomic mass is 14.0. The third kappa shape index (κ3) is 26.9. The van der Waals surface area contributed by atoms with Crippen LogP contribution in [0.15, 0.2) is 0 Å². The first-order valence-corrected chi connectivity index (χ1v) is 11.7. The first kappa shape index (κ1) is 26.2. The molecule has 0 aliphatic rings. The lowest BCUT2D eigenvalue weighted by Gasteiger charge is -2.06. The molecule has 1 unspecified atom stereocenters.